The number of anilines is 1. The Balaban J connectivity index is 1.08. The summed E-state index contributed by atoms with van der Waals surface area (Å²) in [6.45, 7) is 3.67. The van der Waals surface area contributed by atoms with Gasteiger partial charge in [0.1, 0.15) is 29.7 Å². The van der Waals surface area contributed by atoms with Gasteiger partial charge in [0.05, 0.1) is 49.9 Å². The molecule has 4 saturated heterocycles. The number of hydrogen-bond donors (Lipinski definition) is 0. The van der Waals surface area contributed by atoms with Gasteiger partial charge < -0.3 is 19.1 Å². The number of hydrogen-bond acceptors (Lipinski definition) is 10. The monoisotopic (exact) mass is 548 g/mol. The van der Waals surface area contributed by atoms with Crippen molar-refractivity contribution < 1.29 is 14.2 Å². The SMILES string of the molecule is COc1ccc(CN2C3CC2CN(c2ccc(-c4cc(OCC5(C#N)COC5)cn5ncc(C#N)c45)cn2)C3)cn1. The van der Waals surface area contributed by atoms with Crippen molar-refractivity contribution in [2.24, 2.45) is 5.41 Å². The lowest BCUT2D eigenvalue weighted by atomic mass is 9.87. The second-order valence-electron chi connectivity index (χ2n) is 11.0. The van der Waals surface area contributed by atoms with Crippen LogP contribution in [0.25, 0.3) is 16.6 Å². The Labute approximate surface area is 237 Å². The molecule has 0 aliphatic carbocycles. The van der Waals surface area contributed by atoms with E-state index in [2.05, 4.69) is 38.1 Å². The van der Waals surface area contributed by atoms with Gasteiger partial charge in [0, 0.05) is 61.3 Å². The average Bonchev–Trinajstić information content (AvgIpc) is 3.43. The van der Waals surface area contributed by atoms with Crippen molar-refractivity contribution in [2.45, 2.75) is 25.0 Å². The second-order valence-corrected chi connectivity index (χ2v) is 11.0. The molecular weight excluding hydrogens is 520 g/mol. The van der Waals surface area contributed by atoms with E-state index in [1.807, 2.05) is 36.7 Å². The van der Waals surface area contributed by atoms with Crippen LogP contribution < -0.4 is 14.4 Å². The molecule has 2 bridgehead atoms. The van der Waals surface area contributed by atoms with Crippen LogP contribution in [-0.4, -0.2) is 76.6 Å². The standard InChI is InChI=1S/C30H28N8O3/c1-39-28-5-2-20(9-34-28)12-37-23-6-24(37)14-36(13-23)27-4-3-21(10-33-27)26-7-25(41-19-30(16-32)17-40-18-30)15-38-29(26)22(8-31)11-35-38/h2-5,7,9-11,15,23-24H,6,12-14,17-19H2,1H3. The zero-order valence-corrected chi connectivity index (χ0v) is 22.6. The Hall–Kier alpha value is -4.71. The van der Waals surface area contributed by atoms with Crippen molar-refractivity contribution in [3.63, 3.8) is 0 Å². The van der Waals surface area contributed by atoms with Gasteiger partial charge in [-0.1, -0.05) is 6.07 Å². The van der Waals surface area contributed by atoms with Gasteiger partial charge in [-0.3, -0.25) is 4.90 Å². The van der Waals surface area contributed by atoms with E-state index in [1.165, 1.54) is 12.0 Å². The van der Waals surface area contributed by atoms with E-state index in [0.717, 1.165) is 36.6 Å². The second kappa shape index (κ2) is 10.0. The summed E-state index contributed by atoms with van der Waals surface area (Å²) in [4.78, 5) is 14.1. The molecule has 2 atom stereocenters. The van der Waals surface area contributed by atoms with Crippen molar-refractivity contribution in [1.29, 1.82) is 10.5 Å². The molecule has 4 aromatic rings. The number of nitrogens with zero attached hydrogens (tertiary/aromatic N) is 8. The van der Waals surface area contributed by atoms with E-state index in [1.54, 1.807) is 24.0 Å². The number of piperidine rings is 1. The largest absolute Gasteiger partial charge is 0.490 e. The van der Waals surface area contributed by atoms with Crippen LogP contribution in [0, 0.1) is 28.1 Å². The molecule has 11 heteroatoms. The fraction of sp³-hybridized carbons (Fsp3) is 0.367. The van der Waals surface area contributed by atoms with Crippen molar-refractivity contribution >= 4 is 11.3 Å². The van der Waals surface area contributed by atoms with Gasteiger partial charge in [-0.2, -0.15) is 15.6 Å². The van der Waals surface area contributed by atoms with Crippen LogP contribution in [0.4, 0.5) is 5.82 Å². The first-order valence-electron chi connectivity index (χ1n) is 13.6. The molecule has 0 radical (unpaired) electrons. The first-order chi connectivity index (χ1) is 20.1. The molecule has 41 heavy (non-hydrogen) atoms. The van der Waals surface area contributed by atoms with Crippen LogP contribution in [0.1, 0.15) is 17.5 Å². The third-order valence-electron chi connectivity index (χ3n) is 8.32. The smallest absolute Gasteiger partial charge is 0.212 e. The summed E-state index contributed by atoms with van der Waals surface area (Å²) in [5.41, 5.74) is 3.39. The maximum atomic E-state index is 9.71. The van der Waals surface area contributed by atoms with E-state index in [-0.39, 0.29) is 6.61 Å². The highest BCUT2D eigenvalue weighted by atomic mass is 16.5. The number of ether oxygens (including phenoxy) is 3. The van der Waals surface area contributed by atoms with Crippen molar-refractivity contribution in [1.82, 2.24) is 24.5 Å². The number of piperazine rings is 1. The highest BCUT2D eigenvalue weighted by Crippen LogP contribution is 2.37. The van der Waals surface area contributed by atoms with Crippen LogP contribution in [0.15, 0.2) is 55.1 Å². The Kier molecular flexibility index (Phi) is 6.19. The zero-order chi connectivity index (χ0) is 28.0. The topological polar surface area (TPSA) is 125 Å². The van der Waals surface area contributed by atoms with E-state index in [9.17, 15) is 10.5 Å². The summed E-state index contributed by atoms with van der Waals surface area (Å²) in [5, 5.41) is 23.6. The minimum absolute atomic E-state index is 0.224. The summed E-state index contributed by atoms with van der Waals surface area (Å²) in [5.74, 6) is 2.13. The van der Waals surface area contributed by atoms with Crippen LogP contribution in [0.3, 0.4) is 0 Å². The molecule has 11 nitrogen and oxygen atoms in total. The van der Waals surface area contributed by atoms with Crippen molar-refractivity contribution in [3.05, 3.63) is 66.2 Å². The maximum absolute atomic E-state index is 9.71. The minimum atomic E-state index is -0.628. The van der Waals surface area contributed by atoms with Crippen LogP contribution in [-0.2, 0) is 11.3 Å². The Morgan fingerprint density at radius 1 is 1.07 bits per heavy atom. The fourth-order valence-electron chi connectivity index (χ4n) is 5.93. The predicted octanol–water partition coefficient (Wildman–Crippen LogP) is 3.05. The maximum Gasteiger partial charge on any atom is 0.212 e. The summed E-state index contributed by atoms with van der Waals surface area (Å²) in [6, 6.07) is 15.5. The predicted molar refractivity (Wildman–Crippen MR) is 148 cm³/mol. The van der Waals surface area contributed by atoms with Crippen LogP contribution in [0.5, 0.6) is 11.6 Å². The molecule has 4 aliphatic heterocycles. The molecule has 4 fully saturated rings. The van der Waals surface area contributed by atoms with Gasteiger partial charge in [-0.05, 0) is 30.2 Å². The molecule has 8 heterocycles. The number of nitriles is 2. The van der Waals surface area contributed by atoms with Gasteiger partial charge >= 0.3 is 0 Å². The first-order valence-corrected chi connectivity index (χ1v) is 13.6. The molecule has 8 rings (SSSR count). The van der Waals surface area contributed by atoms with E-state index in [4.69, 9.17) is 19.2 Å². The third kappa shape index (κ3) is 4.49. The number of methoxy groups -OCH3 is 1. The quantitative estimate of drug-likeness (QED) is 0.324. The molecule has 206 valence electrons. The van der Waals surface area contributed by atoms with Crippen molar-refractivity contribution in [2.75, 3.05) is 44.9 Å². The molecule has 2 unspecified atom stereocenters. The first kappa shape index (κ1) is 25.3. The molecule has 0 amide bonds. The highest BCUT2D eigenvalue weighted by Gasteiger charge is 2.44. The van der Waals surface area contributed by atoms with Crippen molar-refractivity contribution in [3.8, 4) is 34.9 Å². The zero-order valence-electron chi connectivity index (χ0n) is 22.6. The van der Waals surface area contributed by atoms with Gasteiger partial charge in [0.25, 0.3) is 0 Å². The fourth-order valence-corrected chi connectivity index (χ4v) is 5.93. The Morgan fingerprint density at radius 2 is 1.93 bits per heavy atom. The van der Waals surface area contributed by atoms with E-state index in [0.29, 0.717) is 48.0 Å². The minimum Gasteiger partial charge on any atom is -0.490 e. The summed E-state index contributed by atoms with van der Waals surface area (Å²) in [7, 11) is 1.63. The summed E-state index contributed by atoms with van der Waals surface area (Å²) in [6.07, 6.45) is 8.22. The van der Waals surface area contributed by atoms with Crippen LogP contribution in [0.2, 0.25) is 0 Å². The van der Waals surface area contributed by atoms with E-state index >= 15 is 0 Å². The molecule has 0 spiro atoms. The average molecular weight is 549 g/mol. The Bertz CT molecular complexity index is 1660. The Morgan fingerprint density at radius 3 is 2.56 bits per heavy atom. The van der Waals surface area contributed by atoms with E-state index < -0.39 is 5.41 Å². The number of pyridine rings is 3. The molecule has 0 saturated carbocycles. The van der Waals surface area contributed by atoms with Gasteiger partial charge in [-0.15, -0.1) is 0 Å². The normalized spacial score (nSPS) is 20.9. The lowest BCUT2D eigenvalue weighted by Crippen LogP contribution is -2.68. The molecule has 0 aromatic carbocycles. The highest BCUT2D eigenvalue weighted by molar-refractivity contribution is 5.85. The van der Waals surface area contributed by atoms with Gasteiger partial charge in [0.15, 0.2) is 0 Å². The lowest BCUT2D eigenvalue weighted by molar-refractivity contribution is -0.0963. The summed E-state index contributed by atoms with van der Waals surface area (Å²) >= 11 is 0. The molecule has 0 N–H and O–H groups in total. The molecule has 4 aliphatic rings. The number of aromatic nitrogens is 4. The number of rotatable bonds is 8. The number of fused-ring (bicyclic) bond motifs is 3. The van der Waals surface area contributed by atoms with Crippen LogP contribution >= 0.6 is 0 Å². The lowest BCUT2D eigenvalue weighted by Gasteiger charge is -2.56. The third-order valence-corrected chi connectivity index (χ3v) is 8.32. The molecule has 4 aromatic heterocycles. The van der Waals surface area contributed by atoms with Gasteiger partial charge in [-0.25, -0.2) is 14.5 Å². The molecular formula is C30H28N8O3. The summed E-state index contributed by atoms with van der Waals surface area (Å²) < 4.78 is 18.1. The van der Waals surface area contributed by atoms with Gasteiger partial charge in [0.2, 0.25) is 5.88 Å².